The Morgan fingerprint density at radius 2 is 1.96 bits per heavy atom. The van der Waals surface area contributed by atoms with Crippen LogP contribution in [-0.4, -0.2) is 45.6 Å². The third kappa shape index (κ3) is 7.58. The van der Waals surface area contributed by atoms with E-state index >= 15 is 0 Å². The van der Waals surface area contributed by atoms with Crippen LogP contribution in [0.2, 0.25) is 0 Å². The number of sulfone groups is 1. The van der Waals surface area contributed by atoms with Crippen LogP contribution in [0, 0.1) is 0 Å². The molecule has 0 amide bonds. The number of ether oxygens (including phenoxy) is 1. The molecule has 136 valence electrons. The van der Waals surface area contributed by atoms with Gasteiger partial charge >= 0.3 is 6.61 Å². The number of guanidine groups is 1. The second-order valence-corrected chi connectivity index (χ2v) is 7.32. The highest BCUT2D eigenvalue weighted by Crippen LogP contribution is 2.20. The van der Waals surface area contributed by atoms with E-state index in [1.165, 1.54) is 6.07 Å². The number of alkyl halides is 2. The Morgan fingerprint density at radius 3 is 2.58 bits per heavy atom. The number of halogens is 2. The van der Waals surface area contributed by atoms with Gasteiger partial charge in [0.05, 0.1) is 12.3 Å². The molecule has 24 heavy (non-hydrogen) atoms. The van der Waals surface area contributed by atoms with Crippen molar-refractivity contribution >= 4 is 15.8 Å². The first-order valence-corrected chi connectivity index (χ1v) is 9.45. The number of benzene rings is 1. The molecule has 1 rings (SSSR count). The van der Waals surface area contributed by atoms with Gasteiger partial charge in [0, 0.05) is 24.4 Å². The summed E-state index contributed by atoms with van der Waals surface area (Å²) < 4.78 is 52.2. The minimum atomic E-state index is -3.07. The maximum Gasteiger partial charge on any atom is 0.387 e. The summed E-state index contributed by atoms with van der Waals surface area (Å²) in [5, 5.41) is 5.88. The Balaban J connectivity index is 2.72. The van der Waals surface area contributed by atoms with Crippen molar-refractivity contribution in [3.05, 3.63) is 29.8 Å². The fourth-order valence-corrected chi connectivity index (χ4v) is 2.52. The topological polar surface area (TPSA) is 79.8 Å². The first-order valence-electron chi connectivity index (χ1n) is 7.63. The summed E-state index contributed by atoms with van der Waals surface area (Å²) in [4.78, 5) is 4.27. The van der Waals surface area contributed by atoms with Crippen molar-refractivity contribution in [3.63, 3.8) is 0 Å². The van der Waals surface area contributed by atoms with Crippen molar-refractivity contribution in [2.24, 2.45) is 4.99 Å². The third-order valence-electron chi connectivity index (χ3n) is 3.09. The van der Waals surface area contributed by atoms with Crippen LogP contribution in [-0.2, 0) is 16.4 Å². The molecule has 0 aliphatic heterocycles. The van der Waals surface area contributed by atoms with Gasteiger partial charge in [-0.3, -0.25) is 0 Å². The highest BCUT2D eigenvalue weighted by atomic mass is 32.2. The summed E-state index contributed by atoms with van der Waals surface area (Å²) in [7, 11) is -3.07. The Kier molecular flexibility index (Phi) is 8.45. The standard InChI is InChI=1S/C15H23F2N3O3S/c1-3-18-15(19-9-10-24(21,22)4-2)20-11-12-7-5-6-8-13(12)23-14(16)17/h5-8,14H,3-4,9-11H2,1-2H3,(H2,18,19,20). The van der Waals surface area contributed by atoms with E-state index in [1.54, 1.807) is 25.1 Å². The van der Waals surface area contributed by atoms with Gasteiger partial charge in [0.1, 0.15) is 5.75 Å². The number of nitrogens with one attached hydrogen (secondary N) is 2. The Morgan fingerprint density at radius 1 is 1.25 bits per heavy atom. The van der Waals surface area contributed by atoms with E-state index in [0.29, 0.717) is 18.1 Å². The van der Waals surface area contributed by atoms with E-state index in [4.69, 9.17) is 0 Å². The van der Waals surface area contributed by atoms with Gasteiger partial charge in [-0.2, -0.15) is 8.78 Å². The van der Waals surface area contributed by atoms with Crippen LogP contribution in [0.15, 0.2) is 29.3 Å². The number of rotatable bonds is 9. The fourth-order valence-electron chi connectivity index (χ4n) is 1.82. The van der Waals surface area contributed by atoms with E-state index < -0.39 is 16.4 Å². The summed E-state index contributed by atoms with van der Waals surface area (Å²) in [5.41, 5.74) is 0.510. The molecule has 0 aromatic heterocycles. The van der Waals surface area contributed by atoms with E-state index in [0.717, 1.165) is 0 Å². The van der Waals surface area contributed by atoms with Crippen molar-refractivity contribution in [3.8, 4) is 5.75 Å². The van der Waals surface area contributed by atoms with Crippen LogP contribution in [0.25, 0.3) is 0 Å². The molecular weight excluding hydrogens is 340 g/mol. The predicted octanol–water partition coefficient (Wildman–Crippen LogP) is 1.78. The van der Waals surface area contributed by atoms with Gasteiger partial charge in [-0.1, -0.05) is 25.1 Å². The van der Waals surface area contributed by atoms with Crippen LogP contribution in [0.5, 0.6) is 5.75 Å². The summed E-state index contributed by atoms with van der Waals surface area (Å²) in [6.07, 6.45) is 0. The summed E-state index contributed by atoms with van der Waals surface area (Å²) in [6.45, 7) is 1.49. The summed E-state index contributed by atoms with van der Waals surface area (Å²) in [6, 6.07) is 6.40. The lowest BCUT2D eigenvalue weighted by Gasteiger charge is -2.12. The number of para-hydroxylation sites is 1. The molecule has 0 unspecified atom stereocenters. The average Bonchev–Trinajstić information content (AvgIpc) is 2.53. The molecule has 0 fully saturated rings. The molecule has 0 saturated heterocycles. The highest BCUT2D eigenvalue weighted by Gasteiger charge is 2.10. The Hall–Kier alpha value is -1.90. The van der Waals surface area contributed by atoms with Crippen LogP contribution in [0.4, 0.5) is 8.78 Å². The van der Waals surface area contributed by atoms with E-state index in [-0.39, 0.29) is 30.3 Å². The lowest BCUT2D eigenvalue weighted by atomic mass is 10.2. The smallest absolute Gasteiger partial charge is 0.387 e. The molecule has 0 atom stereocenters. The van der Waals surface area contributed by atoms with Crippen LogP contribution >= 0.6 is 0 Å². The van der Waals surface area contributed by atoms with Crippen LogP contribution < -0.4 is 15.4 Å². The monoisotopic (exact) mass is 363 g/mol. The maximum absolute atomic E-state index is 12.4. The molecule has 0 spiro atoms. The second kappa shape index (κ2) is 10.1. The van der Waals surface area contributed by atoms with E-state index in [1.807, 2.05) is 6.92 Å². The van der Waals surface area contributed by atoms with Crippen molar-refractivity contribution in [2.45, 2.75) is 27.0 Å². The molecule has 0 radical (unpaired) electrons. The largest absolute Gasteiger partial charge is 0.434 e. The molecule has 6 nitrogen and oxygen atoms in total. The van der Waals surface area contributed by atoms with Gasteiger partial charge in [0.15, 0.2) is 15.8 Å². The molecule has 1 aromatic carbocycles. The zero-order chi connectivity index (χ0) is 18.0. The molecule has 0 aliphatic rings. The molecular formula is C15H23F2N3O3S. The minimum Gasteiger partial charge on any atom is -0.434 e. The lowest BCUT2D eigenvalue weighted by molar-refractivity contribution is -0.0504. The van der Waals surface area contributed by atoms with Gasteiger partial charge in [-0.05, 0) is 13.0 Å². The zero-order valence-corrected chi connectivity index (χ0v) is 14.6. The van der Waals surface area contributed by atoms with E-state index in [2.05, 4.69) is 20.4 Å². The highest BCUT2D eigenvalue weighted by molar-refractivity contribution is 7.91. The normalized spacial score (nSPS) is 12.3. The SMILES string of the molecule is CCNC(=NCc1ccccc1OC(F)F)NCCS(=O)(=O)CC. The van der Waals surface area contributed by atoms with Crippen molar-refractivity contribution in [2.75, 3.05) is 24.6 Å². The van der Waals surface area contributed by atoms with Gasteiger partial charge in [0.25, 0.3) is 0 Å². The molecule has 9 heteroatoms. The second-order valence-electron chi connectivity index (χ2n) is 4.84. The molecule has 0 aliphatic carbocycles. The number of hydrogen-bond donors (Lipinski definition) is 2. The van der Waals surface area contributed by atoms with Gasteiger partial charge in [-0.15, -0.1) is 0 Å². The van der Waals surface area contributed by atoms with Crippen molar-refractivity contribution < 1.29 is 21.9 Å². The van der Waals surface area contributed by atoms with E-state index in [9.17, 15) is 17.2 Å². The number of hydrogen-bond acceptors (Lipinski definition) is 4. The third-order valence-corrected chi connectivity index (χ3v) is 4.79. The lowest BCUT2D eigenvalue weighted by Crippen LogP contribution is -2.39. The zero-order valence-electron chi connectivity index (χ0n) is 13.8. The molecule has 0 heterocycles. The Bertz CT molecular complexity index is 637. The first-order chi connectivity index (χ1) is 11.4. The fraction of sp³-hybridized carbons (Fsp3) is 0.533. The Labute approximate surface area is 141 Å². The van der Waals surface area contributed by atoms with Crippen molar-refractivity contribution in [1.29, 1.82) is 0 Å². The quantitative estimate of drug-likeness (QED) is 0.516. The number of nitrogens with zero attached hydrogens (tertiary/aromatic N) is 1. The average molecular weight is 363 g/mol. The van der Waals surface area contributed by atoms with Crippen LogP contribution in [0.1, 0.15) is 19.4 Å². The predicted molar refractivity (Wildman–Crippen MR) is 90.2 cm³/mol. The minimum absolute atomic E-state index is 0.000997. The van der Waals surface area contributed by atoms with Crippen LogP contribution in [0.3, 0.4) is 0 Å². The maximum atomic E-state index is 12.4. The van der Waals surface area contributed by atoms with Gasteiger partial charge in [-0.25, -0.2) is 13.4 Å². The number of aliphatic imine (C=N–C) groups is 1. The molecule has 1 aromatic rings. The van der Waals surface area contributed by atoms with Gasteiger partial charge < -0.3 is 15.4 Å². The molecule has 0 bridgehead atoms. The summed E-state index contributed by atoms with van der Waals surface area (Å²) in [5.74, 6) is 0.566. The molecule has 2 N–H and O–H groups in total. The van der Waals surface area contributed by atoms with Gasteiger partial charge in [0.2, 0.25) is 0 Å². The van der Waals surface area contributed by atoms with Crippen molar-refractivity contribution in [1.82, 2.24) is 10.6 Å². The molecule has 0 saturated carbocycles. The first kappa shape index (κ1) is 20.1. The summed E-state index contributed by atoms with van der Waals surface area (Å²) >= 11 is 0.